The van der Waals surface area contributed by atoms with Crippen LogP contribution in [0.2, 0.25) is 5.02 Å². The molecule has 0 unspecified atom stereocenters. The second kappa shape index (κ2) is 11.0. The molecule has 4 rings (SSSR count). The lowest BCUT2D eigenvalue weighted by molar-refractivity contribution is -0.479. The van der Waals surface area contributed by atoms with Crippen molar-refractivity contribution in [1.82, 2.24) is 14.8 Å². The quantitative estimate of drug-likeness (QED) is 0.129. The first kappa shape index (κ1) is 24.3. The summed E-state index contributed by atoms with van der Waals surface area (Å²) in [6.45, 7) is 1.85. The van der Waals surface area contributed by atoms with Crippen molar-refractivity contribution in [2.24, 2.45) is 0 Å². The molecule has 174 valence electrons. The van der Waals surface area contributed by atoms with Gasteiger partial charge in [0.25, 0.3) is 0 Å². The van der Waals surface area contributed by atoms with E-state index < -0.39 is 5.25 Å². The zero-order valence-corrected chi connectivity index (χ0v) is 21.3. The third-order valence-electron chi connectivity index (χ3n) is 5.00. The maximum Gasteiger partial charge on any atom is 0.220 e. The van der Waals surface area contributed by atoms with Crippen LogP contribution in [-0.4, -0.2) is 26.2 Å². The Morgan fingerprint density at radius 3 is 2.56 bits per heavy atom. The minimum Gasteiger partial charge on any atom is -0.489 e. The van der Waals surface area contributed by atoms with Crippen molar-refractivity contribution >= 4 is 39.3 Å². The van der Waals surface area contributed by atoms with E-state index in [0.717, 1.165) is 15.7 Å². The van der Waals surface area contributed by atoms with Gasteiger partial charge in [-0.15, -0.1) is 10.2 Å². The normalized spacial score (nSPS) is 11.9. The summed E-state index contributed by atoms with van der Waals surface area (Å²) in [5, 5.41) is 20.8. The van der Waals surface area contributed by atoms with Crippen LogP contribution in [0.3, 0.4) is 0 Å². The molecule has 10 heteroatoms. The average molecular weight is 560 g/mol. The Balaban J connectivity index is 1.67. The van der Waals surface area contributed by atoms with E-state index in [2.05, 4.69) is 26.1 Å². The summed E-state index contributed by atoms with van der Waals surface area (Å²) in [6.07, 6.45) is 0. The lowest BCUT2D eigenvalue weighted by atomic mass is 10.1. The topological polar surface area (TPSA) is 83.1 Å². The minimum absolute atomic E-state index is 0.306. The highest BCUT2D eigenvalue weighted by molar-refractivity contribution is 9.10. The minimum atomic E-state index is -0.557. The van der Waals surface area contributed by atoms with Crippen LogP contribution < -0.4 is 4.74 Å². The molecule has 0 aliphatic heterocycles. The van der Waals surface area contributed by atoms with Gasteiger partial charge in [0.2, 0.25) is 6.54 Å². The van der Waals surface area contributed by atoms with E-state index in [-0.39, 0.29) is 11.5 Å². The Morgan fingerprint density at radius 2 is 1.85 bits per heavy atom. The molecule has 1 aromatic heterocycles. The fourth-order valence-corrected chi connectivity index (χ4v) is 5.10. The molecule has 1 atom stereocenters. The number of rotatable bonds is 9. The number of hydrogen-bond acceptors (Lipinski definition) is 6. The molecule has 3 aromatic carbocycles. The van der Waals surface area contributed by atoms with Gasteiger partial charge in [-0.25, -0.2) is 0 Å². The lowest BCUT2D eigenvalue weighted by Crippen LogP contribution is -2.12. The Bertz CT molecular complexity index is 1290. The number of para-hydroxylation sites is 1. The van der Waals surface area contributed by atoms with Crippen LogP contribution in [-0.2, 0) is 6.61 Å². The lowest BCUT2D eigenvalue weighted by Gasteiger charge is -2.18. The highest BCUT2D eigenvalue weighted by Gasteiger charge is 2.27. The van der Waals surface area contributed by atoms with Crippen LogP contribution in [0, 0.1) is 17.0 Å². The van der Waals surface area contributed by atoms with E-state index in [0.29, 0.717) is 33.9 Å². The fourth-order valence-electron chi connectivity index (χ4n) is 3.40. The van der Waals surface area contributed by atoms with Crippen molar-refractivity contribution in [2.75, 3.05) is 6.54 Å². The van der Waals surface area contributed by atoms with Gasteiger partial charge in [-0.3, -0.25) is 14.7 Å². The molecule has 34 heavy (non-hydrogen) atoms. The highest BCUT2D eigenvalue weighted by atomic mass is 79.9. The van der Waals surface area contributed by atoms with Gasteiger partial charge >= 0.3 is 0 Å². The van der Waals surface area contributed by atoms with Crippen LogP contribution >= 0.6 is 39.3 Å². The number of ether oxygens (including phenoxy) is 1. The van der Waals surface area contributed by atoms with Crippen LogP contribution in [0.4, 0.5) is 0 Å². The van der Waals surface area contributed by atoms with Gasteiger partial charge in [-0.2, -0.15) is 0 Å². The molecule has 4 aromatic rings. The first-order valence-electron chi connectivity index (χ1n) is 10.3. The molecule has 0 bridgehead atoms. The largest absolute Gasteiger partial charge is 0.489 e. The van der Waals surface area contributed by atoms with Crippen molar-refractivity contribution in [3.05, 3.63) is 109 Å². The number of benzene rings is 3. The summed E-state index contributed by atoms with van der Waals surface area (Å²) in [5.41, 5.74) is 2.53. The van der Waals surface area contributed by atoms with E-state index in [1.807, 2.05) is 72.2 Å². The Morgan fingerprint density at radius 1 is 1.12 bits per heavy atom. The van der Waals surface area contributed by atoms with Crippen molar-refractivity contribution in [2.45, 2.75) is 23.9 Å². The third kappa shape index (κ3) is 5.97. The first-order chi connectivity index (χ1) is 16.4. The maximum absolute atomic E-state index is 11.6. The summed E-state index contributed by atoms with van der Waals surface area (Å²) in [5.74, 6) is 1.27. The second-order valence-electron chi connectivity index (χ2n) is 7.42. The molecule has 0 amide bonds. The van der Waals surface area contributed by atoms with Gasteiger partial charge in [0.05, 0.1) is 0 Å². The van der Waals surface area contributed by atoms with E-state index in [1.54, 1.807) is 12.1 Å². The predicted octanol–water partition coefficient (Wildman–Crippen LogP) is 6.68. The maximum atomic E-state index is 11.6. The molecule has 0 saturated carbocycles. The molecule has 0 saturated heterocycles. The average Bonchev–Trinajstić information content (AvgIpc) is 3.19. The van der Waals surface area contributed by atoms with Crippen molar-refractivity contribution in [3.8, 4) is 11.4 Å². The van der Waals surface area contributed by atoms with Crippen LogP contribution in [0.1, 0.15) is 22.2 Å². The zero-order valence-electron chi connectivity index (χ0n) is 18.1. The van der Waals surface area contributed by atoms with Crippen molar-refractivity contribution in [1.29, 1.82) is 0 Å². The summed E-state index contributed by atoms with van der Waals surface area (Å²) in [7, 11) is 0. The zero-order chi connectivity index (χ0) is 24.1. The van der Waals surface area contributed by atoms with Gasteiger partial charge in [0.15, 0.2) is 5.16 Å². The van der Waals surface area contributed by atoms with Gasteiger partial charge in [0, 0.05) is 25.7 Å². The number of thioether (sulfide) groups is 1. The Kier molecular flexibility index (Phi) is 7.87. The van der Waals surface area contributed by atoms with Gasteiger partial charge in [-0.05, 0) is 55.0 Å². The molecular formula is C24H20BrClN4O3S. The predicted molar refractivity (Wildman–Crippen MR) is 136 cm³/mol. The number of aryl methyl sites for hydroxylation is 1. The first-order valence-corrected chi connectivity index (χ1v) is 12.4. The van der Waals surface area contributed by atoms with Crippen LogP contribution in [0.15, 0.2) is 82.4 Å². The number of nitrogens with zero attached hydrogens (tertiary/aromatic N) is 4. The molecule has 0 aliphatic carbocycles. The SMILES string of the molecule is Cc1nnc(S[C@H](C[N+](=O)[O-])c2cc(Br)ccc2OCc2ccc(Cl)cc2)n1-c1ccccc1. The summed E-state index contributed by atoms with van der Waals surface area (Å²) in [4.78, 5) is 11.3. The molecule has 1 heterocycles. The molecule has 0 aliphatic rings. The fraction of sp³-hybridized carbons (Fsp3) is 0.167. The number of halogens is 2. The molecule has 0 radical (unpaired) electrons. The summed E-state index contributed by atoms with van der Waals surface area (Å²) < 4.78 is 8.79. The summed E-state index contributed by atoms with van der Waals surface area (Å²) >= 11 is 10.8. The van der Waals surface area contributed by atoms with Crippen LogP contribution in [0.5, 0.6) is 5.75 Å². The van der Waals surface area contributed by atoms with E-state index >= 15 is 0 Å². The Labute approximate surface area is 214 Å². The van der Waals surface area contributed by atoms with Crippen molar-refractivity contribution < 1.29 is 9.66 Å². The second-order valence-corrected chi connectivity index (χ2v) is 9.94. The van der Waals surface area contributed by atoms with E-state index in [1.165, 1.54) is 11.8 Å². The van der Waals surface area contributed by atoms with Gasteiger partial charge in [0.1, 0.15) is 23.4 Å². The van der Waals surface area contributed by atoms with Gasteiger partial charge < -0.3 is 4.74 Å². The number of nitro groups is 1. The molecule has 0 fully saturated rings. The summed E-state index contributed by atoms with van der Waals surface area (Å²) in [6, 6.07) is 22.6. The molecule has 0 N–H and O–H groups in total. The number of hydrogen-bond donors (Lipinski definition) is 0. The highest BCUT2D eigenvalue weighted by Crippen LogP contribution is 2.41. The number of aromatic nitrogens is 3. The molecule has 0 spiro atoms. The van der Waals surface area contributed by atoms with Crippen LogP contribution in [0.25, 0.3) is 5.69 Å². The smallest absolute Gasteiger partial charge is 0.220 e. The monoisotopic (exact) mass is 558 g/mol. The van der Waals surface area contributed by atoms with Crippen molar-refractivity contribution in [3.63, 3.8) is 0 Å². The standard InChI is InChI=1S/C24H20BrClN4O3S/c1-16-27-28-24(30(16)20-5-3-2-4-6-20)34-23(14-29(31)32)21-13-18(25)9-12-22(21)33-15-17-7-10-19(26)11-8-17/h2-13,23H,14-15H2,1H3/t23-/m1/s1. The van der Waals surface area contributed by atoms with E-state index in [4.69, 9.17) is 16.3 Å². The van der Waals surface area contributed by atoms with E-state index in [9.17, 15) is 10.1 Å². The molecular weight excluding hydrogens is 540 g/mol. The van der Waals surface area contributed by atoms with Gasteiger partial charge in [-0.1, -0.05) is 69.6 Å². The Hall–Kier alpha value is -2.88. The molecule has 7 nitrogen and oxygen atoms in total. The third-order valence-corrected chi connectivity index (χ3v) is 6.91.